The predicted octanol–water partition coefficient (Wildman–Crippen LogP) is 0.899. The molecule has 28 heavy (non-hydrogen) atoms. The number of rotatable bonds is 10. The quantitative estimate of drug-likeness (QED) is 0.428. The number of carbonyl (C=O) groups is 2. The van der Waals surface area contributed by atoms with E-state index in [0.717, 1.165) is 0 Å². The molecule has 0 amide bonds. The fraction of sp³-hybridized carbons (Fsp3) is 0.600. The summed E-state index contributed by atoms with van der Waals surface area (Å²) in [5.74, 6) is -0.845. The van der Waals surface area contributed by atoms with Crippen molar-refractivity contribution in [2.45, 2.75) is 12.3 Å². The summed E-state index contributed by atoms with van der Waals surface area (Å²) < 4.78 is 10.8. The molecule has 8 nitrogen and oxygen atoms in total. The van der Waals surface area contributed by atoms with Gasteiger partial charge < -0.3 is 9.47 Å². The van der Waals surface area contributed by atoms with E-state index in [1.807, 2.05) is 76.0 Å². The third-order valence-corrected chi connectivity index (χ3v) is 4.47. The van der Waals surface area contributed by atoms with Crippen LogP contribution in [0.1, 0.15) is 20.7 Å². The van der Waals surface area contributed by atoms with Gasteiger partial charge in [0.25, 0.3) is 0 Å². The van der Waals surface area contributed by atoms with E-state index in [1.165, 1.54) is 0 Å². The normalized spacial score (nSPS) is 11.9. The summed E-state index contributed by atoms with van der Waals surface area (Å²) in [6.45, 7) is 0.498. The van der Waals surface area contributed by atoms with Crippen molar-refractivity contribution in [2.75, 3.05) is 69.6 Å². The van der Waals surface area contributed by atoms with Gasteiger partial charge in [0, 0.05) is 0 Å². The highest BCUT2D eigenvalue weighted by Gasteiger charge is 2.19. The summed E-state index contributed by atoms with van der Waals surface area (Å²) in [5, 5.41) is 0. The van der Waals surface area contributed by atoms with Crippen LogP contribution in [0.2, 0.25) is 0 Å². The number of ether oxygens (including phenoxy) is 2. The molecule has 1 aromatic rings. The summed E-state index contributed by atoms with van der Waals surface area (Å²) in [6.07, 6.45) is -0.0286. The highest BCUT2D eigenvalue weighted by molar-refractivity contribution is 5.93. The highest BCUT2D eigenvalue weighted by atomic mass is 16.5. The van der Waals surface area contributed by atoms with Crippen LogP contribution >= 0.6 is 0 Å². The van der Waals surface area contributed by atoms with E-state index in [0.29, 0.717) is 11.1 Å². The molecule has 0 aliphatic heterocycles. The van der Waals surface area contributed by atoms with Crippen molar-refractivity contribution >= 4 is 11.9 Å². The smallest absolute Gasteiger partial charge is 0.338 e. The minimum Gasteiger partial charge on any atom is -0.459 e. The second-order valence-electron chi connectivity index (χ2n) is 7.59. The van der Waals surface area contributed by atoms with Gasteiger partial charge in [0.05, 0.1) is 23.5 Å². The summed E-state index contributed by atoms with van der Waals surface area (Å²) in [7, 11) is 15.4. The highest BCUT2D eigenvalue weighted by Crippen LogP contribution is 2.10. The Hall–Kier alpha value is -2.00. The number of esters is 2. The molecule has 0 heterocycles. The molecule has 0 atom stereocenters. The topological polar surface area (TPSA) is 65.6 Å². The van der Waals surface area contributed by atoms with Crippen LogP contribution in [0, 0.1) is 0 Å². The van der Waals surface area contributed by atoms with Crippen molar-refractivity contribution in [3.05, 3.63) is 35.4 Å². The molecule has 0 saturated heterocycles. The van der Waals surface area contributed by atoms with Crippen LogP contribution in [-0.4, -0.2) is 113 Å². The van der Waals surface area contributed by atoms with Crippen molar-refractivity contribution < 1.29 is 19.1 Å². The van der Waals surface area contributed by atoms with E-state index in [2.05, 4.69) is 0 Å². The number of benzene rings is 1. The van der Waals surface area contributed by atoms with Crippen molar-refractivity contribution in [3.63, 3.8) is 0 Å². The molecule has 0 radical (unpaired) electrons. The van der Waals surface area contributed by atoms with Crippen LogP contribution in [-0.2, 0) is 9.47 Å². The maximum absolute atomic E-state index is 12.3. The maximum atomic E-state index is 12.3. The molecule has 0 saturated carbocycles. The van der Waals surface area contributed by atoms with Gasteiger partial charge in [0.2, 0.25) is 0 Å². The second-order valence-corrected chi connectivity index (χ2v) is 7.59. The zero-order valence-corrected chi connectivity index (χ0v) is 18.3. The molecule has 0 aliphatic carbocycles. The molecule has 1 rings (SSSR count). The number of hydrogen-bond donors (Lipinski definition) is 0. The minimum absolute atomic E-state index is 0.0143. The van der Waals surface area contributed by atoms with Crippen LogP contribution in [0.25, 0.3) is 0 Å². The molecule has 158 valence electrons. The third kappa shape index (κ3) is 7.20. The zero-order valence-electron chi connectivity index (χ0n) is 18.3. The van der Waals surface area contributed by atoms with E-state index in [1.54, 1.807) is 24.3 Å². The average Bonchev–Trinajstić information content (AvgIpc) is 2.60. The van der Waals surface area contributed by atoms with Crippen LogP contribution in [0.3, 0.4) is 0 Å². The van der Waals surface area contributed by atoms with E-state index in [-0.39, 0.29) is 25.5 Å². The van der Waals surface area contributed by atoms with Gasteiger partial charge in [0.15, 0.2) is 0 Å². The fourth-order valence-electron chi connectivity index (χ4n) is 2.73. The lowest BCUT2D eigenvalue weighted by molar-refractivity contribution is 0.0156. The maximum Gasteiger partial charge on any atom is 0.338 e. The Labute approximate surface area is 168 Å². The van der Waals surface area contributed by atoms with Gasteiger partial charge in [-0.25, -0.2) is 9.59 Å². The van der Waals surface area contributed by atoms with E-state index in [4.69, 9.17) is 9.47 Å². The third-order valence-electron chi connectivity index (χ3n) is 4.47. The minimum atomic E-state index is -0.422. The van der Waals surface area contributed by atoms with Crippen molar-refractivity contribution in [1.82, 2.24) is 19.6 Å². The Morgan fingerprint density at radius 3 is 1.11 bits per heavy atom. The monoisotopic (exact) mass is 394 g/mol. The van der Waals surface area contributed by atoms with Crippen molar-refractivity contribution in [3.8, 4) is 0 Å². The van der Waals surface area contributed by atoms with Crippen LogP contribution in [0.5, 0.6) is 0 Å². The number of nitrogens with zero attached hydrogens (tertiary/aromatic N) is 4. The lowest BCUT2D eigenvalue weighted by atomic mass is 10.1. The molecule has 0 aliphatic rings. The summed E-state index contributed by atoms with van der Waals surface area (Å²) >= 11 is 0. The van der Waals surface area contributed by atoms with Crippen LogP contribution in [0.15, 0.2) is 24.3 Å². The lowest BCUT2D eigenvalue weighted by Crippen LogP contribution is -2.44. The molecule has 0 aromatic heterocycles. The second kappa shape index (κ2) is 11.1. The Morgan fingerprint density at radius 1 is 0.643 bits per heavy atom. The molecule has 0 fully saturated rings. The van der Waals surface area contributed by atoms with Crippen molar-refractivity contribution in [2.24, 2.45) is 0 Å². The van der Waals surface area contributed by atoms with Gasteiger partial charge in [0.1, 0.15) is 13.2 Å². The first-order valence-electron chi connectivity index (χ1n) is 9.14. The number of likely N-dealkylation sites (N-methyl/N-ethyl adjacent to an activating group) is 4. The standard InChI is InChI=1S/C20H34N4O4/c1-21(2)17(22(3)4)13-27-19(25)15-9-11-16(12-10-15)20(26)28-14-18(23(5)6)24(7)8/h9-12,17-18H,13-14H2,1-8H3. The molecule has 0 unspecified atom stereocenters. The molecular formula is C20H34N4O4. The summed E-state index contributed by atoms with van der Waals surface area (Å²) in [6, 6.07) is 6.31. The Balaban J connectivity index is 2.64. The van der Waals surface area contributed by atoms with Crippen LogP contribution < -0.4 is 0 Å². The lowest BCUT2D eigenvalue weighted by Gasteiger charge is -2.29. The molecule has 0 spiro atoms. The van der Waals surface area contributed by atoms with E-state index < -0.39 is 11.9 Å². The first-order valence-corrected chi connectivity index (χ1v) is 9.14. The molecule has 1 aromatic carbocycles. The molecule has 0 N–H and O–H groups in total. The molecule has 0 bridgehead atoms. The van der Waals surface area contributed by atoms with Gasteiger partial charge in [-0.3, -0.25) is 19.6 Å². The first-order chi connectivity index (χ1) is 13.0. The summed E-state index contributed by atoms with van der Waals surface area (Å²) in [4.78, 5) is 32.4. The largest absolute Gasteiger partial charge is 0.459 e. The zero-order chi connectivity index (χ0) is 21.4. The fourth-order valence-corrected chi connectivity index (χ4v) is 2.73. The van der Waals surface area contributed by atoms with Crippen molar-refractivity contribution in [1.29, 1.82) is 0 Å². The number of hydrogen-bond acceptors (Lipinski definition) is 8. The van der Waals surface area contributed by atoms with Gasteiger partial charge >= 0.3 is 11.9 Å². The van der Waals surface area contributed by atoms with E-state index in [9.17, 15) is 9.59 Å². The van der Waals surface area contributed by atoms with Gasteiger partial charge in [-0.05, 0) is 80.6 Å². The molecule has 8 heteroatoms. The van der Waals surface area contributed by atoms with Gasteiger partial charge in [-0.2, -0.15) is 0 Å². The number of carbonyl (C=O) groups excluding carboxylic acids is 2. The first kappa shape index (κ1) is 24.0. The van der Waals surface area contributed by atoms with Gasteiger partial charge in [-0.1, -0.05) is 0 Å². The van der Waals surface area contributed by atoms with Crippen LogP contribution in [0.4, 0.5) is 0 Å². The average molecular weight is 395 g/mol. The SMILES string of the molecule is CN(C)C(COC(=O)c1ccc(C(=O)OCC(N(C)C)N(C)C)cc1)N(C)C. The molecular weight excluding hydrogens is 360 g/mol. The Bertz CT molecular complexity index is 559. The Kier molecular flexibility index (Phi) is 9.54. The van der Waals surface area contributed by atoms with E-state index >= 15 is 0 Å². The predicted molar refractivity (Wildman–Crippen MR) is 109 cm³/mol. The summed E-state index contributed by atoms with van der Waals surface area (Å²) in [5.41, 5.74) is 0.791. The Morgan fingerprint density at radius 2 is 0.893 bits per heavy atom. The van der Waals surface area contributed by atoms with Gasteiger partial charge in [-0.15, -0.1) is 0 Å².